The topological polar surface area (TPSA) is 48.7 Å². The lowest BCUT2D eigenvalue weighted by atomic mass is 9.86. The molecule has 2 aromatic rings. The molecule has 0 N–H and O–H groups in total. The maximum atomic E-state index is 11.0. The number of furan rings is 1. The number of ether oxygens (including phenoxy) is 2. The largest absolute Gasteiger partial charge is 0.454 e. The Kier molecular flexibility index (Phi) is 5.20. The van der Waals surface area contributed by atoms with Crippen LogP contribution in [0.4, 0.5) is 0 Å². The van der Waals surface area contributed by atoms with E-state index in [2.05, 4.69) is 25.1 Å². The predicted octanol–water partition coefficient (Wildman–Crippen LogP) is 4.96. The minimum atomic E-state index is -0.528. The standard InChI is InChI=1S/C21H24O4S/c1-15-14-19(26-16-6-3-2-4-7-16)25-20(15)17-9-10-21(23-12-13-24-21)18(17)8-5-11-22/h2-4,6-7,11,14,17-18H,5,8-10,12-13H2,1H3/t17-,18+/m1/s1. The second-order valence-corrected chi connectivity index (χ2v) is 8.11. The van der Waals surface area contributed by atoms with Crippen molar-refractivity contribution in [1.29, 1.82) is 0 Å². The summed E-state index contributed by atoms with van der Waals surface area (Å²) in [6, 6.07) is 12.4. The minimum Gasteiger partial charge on any atom is -0.454 e. The molecule has 0 radical (unpaired) electrons. The fourth-order valence-electron chi connectivity index (χ4n) is 4.35. The number of benzene rings is 1. The Hall–Kier alpha value is -1.56. The molecule has 2 heterocycles. The molecule has 1 saturated carbocycles. The molecule has 4 rings (SSSR count). The molecule has 2 atom stereocenters. The molecule has 0 unspecified atom stereocenters. The average Bonchev–Trinajstić information content (AvgIpc) is 3.35. The Balaban J connectivity index is 1.58. The average molecular weight is 372 g/mol. The minimum absolute atomic E-state index is 0.162. The molecular weight excluding hydrogens is 348 g/mol. The smallest absolute Gasteiger partial charge is 0.172 e. The van der Waals surface area contributed by atoms with Gasteiger partial charge in [0.1, 0.15) is 12.0 Å². The van der Waals surface area contributed by atoms with E-state index in [0.29, 0.717) is 19.6 Å². The van der Waals surface area contributed by atoms with Crippen molar-refractivity contribution in [3.63, 3.8) is 0 Å². The van der Waals surface area contributed by atoms with Crippen LogP contribution in [0.3, 0.4) is 0 Å². The van der Waals surface area contributed by atoms with E-state index in [0.717, 1.165) is 41.3 Å². The lowest BCUT2D eigenvalue weighted by Crippen LogP contribution is -2.36. The van der Waals surface area contributed by atoms with Crippen molar-refractivity contribution in [2.24, 2.45) is 5.92 Å². The molecule has 1 aromatic carbocycles. The molecule has 26 heavy (non-hydrogen) atoms. The maximum absolute atomic E-state index is 11.0. The van der Waals surface area contributed by atoms with Gasteiger partial charge in [0.05, 0.1) is 13.2 Å². The van der Waals surface area contributed by atoms with Crippen molar-refractivity contribution in [3.8, 4) is 0 Å². The molecule has 0 amide bonds. The molecule has 2 fully saturated rings. The van der Waals surface area contributed by atoms with E-state index < -0.39 is 5.79 Å². The summed E-state index contributed by atoms with van der Waals surface area (Å²) in [6.45, 7) is 3.37. The number of carbonyl (C=O) groups excluding carboxylic acids is 1. The van der Waals surface area contributed by atoms with Crippen LogP contribution >= 0.6 is 11.8 Å². The van der Waals surface area contributed by atoms with Crippen LogP contribution in [0.1, 0.15) is 42.9 Å². The van der Waals surface area contributed by atoms with Crippen molar-refractivity contribution in [1.82, 2.24) is 0 Å². The van der Waals surface area contributed by atoms with Crippen molar-refractivity contribution < 1.29 is 18.7 Å². The van der Waals surface area contributed by atoms with Crippen molar-refractivity contribution in [2.75, 3.05) is 13.2 Å². The molecule has 1 aliphatic heterocycles. The molecular formula is C21H24O4S. The van der Waals surface area contributed by atoms with E-state index in [1.54, 1.807) is 11.8 Å². The van der Waals surface area contributed by atoms with E-state index in [1.807, 2.05) is 18.2 Å². The highest BCUT2D eigenvalue weighted by molar-refractivity contribution is 7.99. The predicted molar refractivity (Wildman–Crippen MR) is 99.4 cm³/mol. The van der Waals surface area contributed by atoms with Crippen LogP contribution < -0.4 is 0 Å². The molecule has 138 valence electrons. The highest BCUT2D eigenvalue weighted by Gasteiger charge is 2.53. The quantitative estimate of drug-likeness (QED) is 0.671. The van der Waals surface area contributed by atoms with Gasteiger partial charge in [0.25, 0.3) is 0 Å². The third-order valence-electron chi connectivity index (χ3n) is 5.46. The van der Waals surface area contributed by atoms with Crippen LogP contribution in [0.25, 0.3) is 0 Å². The molecule has 1 saturated heterocycles. The zero-order valence-corrected chi connectivity index (χ0v) is 15.8. The molecule has 4 nitrogen and oxygen atoms in total. The fourth-order valence-corrected chi connectivity index (χ4v) is 5.24. The molecule has 1 spiro atoms. The fraction of sp³-hybridized carbons (Fsp3) is 0.476. The second-order valence-electron chi connectivity index (χ2n) is 7.03. The van der Waals surface area contributed by atoms with Gasteiger partial charge in [0.15, 0.2) is 10.9 Å². The summed E-state index contributed by atoms with van der Waals surface area (Å²) in [7, 11) is 0. The van der Waals surface area contributed by atoms with Gasteiger partial charge in [0, 0.05) is 29.6 Å². The van der Waals surface area contributed by atoms with Crippen LogP contribution in [0.2, 0.25) is 0 Å². The summed E-state index contributed by atoms with van der Waals surface area (Å²) in [4.78, 5) is 12.1. The number of hydrogen-bond donors (Lipinski definition) is 0. The van der Waals surface area contributed by atoms with Crippen LogP contribution in [-0.2, 0) is 14.3 Å². The van der Waals surface area contributed by atoms with Crippen LogP contribution in [0, 0.1) is 12.8 Å². The Morgan fingerprint density at radius 2 is 2.00 bits per heavy atom. The number of hydrogen-bond acceptors (Lipinski definition) is 5. The zero-order valence-electron chi connectivity index (χ0n) is 15.0. The lowest BCUT2D eigenvalue weighted by Gasteiger charge is -2.31. The normalized spacial score (nSPS) is 24.3. The van der Waals surface area contributed by atoms with Gasteiger partial charge in [-0.1, -0.05) is 30.0 Å². The van der Waals surface area contributed by atoms with Crippen molar-refractivity contribution in [2.45, 2.75) is 54.3 Å². The Bertz CT molecular complexity index is 749. The van der Waals surface area contributed by atoms with E-state index in [-0.39, 0.29) is 11.8 Å². The lowest BCUT2D eigenvalue weighted by molar-refractivity contribution is -0.184. The van der Waals surface area contributed by atoms with Crippen LogP contribution in [0.15, 0.2) is 50.8 Å². The molecule has 5 heteroatoms. The summed E-state index contributed by atoms with van der Waals surface area (Å²) >= 11 is 1.64. The van der Waals surface area contributed by atoms with Gasteiger partial charge in [-0.05, 0) is 43.5 Å². The highest BCUT2D eigenvalue weighted by atomic mass is 32.2. The first-order valence-corrected chi connectivity index (χ1v) is 10.1. The summed E-state index contributed by atoms with van der Waals surface area (Å²) < 4.78 is 18.3. The Morgan fingerprint density at radius 3 is 2.73 bits per heavy atom. The van der Waals surface area contributed by atoms with Crippen molar-refractivity contribution >= 4 is 18.0 Å². The highest BCUT2D eigenvalue weighted by Crippen LogP contribution is 2.53. The van der Waals surface area contributed by atoms with Gasteiger partial charge in [0.2, 0.25) is 0 Å². The first-order valence-electron chi connectivity index (χ1n) is 9.26. The van der Waals surface area contributed by atoms with Gasteiger partial charge >= 0.3 is 0 Å². The summed E-state index contributed by atoms with van der Waals surface area (Å²) in [5.41, 5.74) is 1.17. The summed E-state index contributed by atoms with van der Waals surface area (Å²) in [5.74, 6) is 0.891. The van der Waals surface area contributed by atoms with E-state index in [1.165, 1.54) is 5.56 Å². The van der Waals surface area contributed by atoms with Gasteiger partial charge in [-0.2, -0.15) is 0 Å². The zero-order chi connectivity index (χ0) is 18.0. The molecule has 1 aliphatic carbocycles. The third-order valence-corrected chi connectivity index (χ3v) is 6.37. The maximum Gasteiger partial charge on any atom is 0.172 e. The first kappa shape index (κ1) is 17.8. The van der Waals surface area contributed by atoms with E-state index in [9.17, 15) is 4.79 Å². The van der Waals surface area contributed by atoms with E-state index in [4.69, 9.17) is 13.9 Å². The van der Waals surface area contributed by atoms with Gasteiger partial charge in [-0.15, -0.1) is 0 Å². The number of rotatable bonds is 6. The SMILES string of the molecule is Cc1cc(Sc2ccccc2)oc1[C@@H]1CCC2(OCCO2)[C@H]1CCC=O. The Labute approximate surface area is 158 Å². The van der Waals surface area contributed by atoms with E-state index >= 15 is 0 Å². The van der Waals surface area contributed by atoms with Gasteiger partial charge < -0.3 is 18.7 Å². The molecule has 1 aromatic heterocycles. The number of carbonyl (C=O) groups is 1. The molecule has 2 aliphatic rings. The number of aldehydes is 1. The summed E-state index contributed by atoms with van der Waals surface area (Å²) in [6.07, 6.45) is 4.12. The monoisotopic (exact) mass is 372 g/mol. The Morgan fingerprint density at radius 1 is 1.23 bits per heavy atom. The summed E-state index contributed by atoms with van der Waals surface area (Å²) in [5, 5.41) is 0.909. The number of aryl methyl sites for hydroxylation is 1. The van der Waals surface area contributed by atoms with Gasteiger partial charge in [-0.25, -0.2) is 0 Å². The first-order chi connectivity index (χ1) is 12.7. The van der Waals surface area contributed by atoms with Crippen LogP contribution in [0.5, 0.6) is 0 Å². The van der Waals surface area contributed by atoms with Crippen molar-refractivity contribution in [3.05, 3.63) is 47.7 Å². The second kappa shape index (κ2) is 7.59. The van der Waals surface area contributed by atoms with Gasteiger partial charge in [-0.3, -0.25) is 0 Å². The molecule has 0 bridgehead atoms. The third kappa shape index (κ3) is 3.36. The van der Waals surface area contributed by atoms with Crippen LogP contribution in [-0.4, -0.2) is 25.3 Å².